The minimum atomic E-state index is -0.367. The number of para-hydroxylation sites is 4. The largest absolute Gasteiger partial charge is 0.462 e. The van der Waals surface area contributed by atoms with Gasteiger partial charge in [-0.25, -0.2) is 0 Å². The third kappa shape index (κ3) is 4.86. The van der Waals surface area contributed by atoms with Crippen LogP contribution in [0, 0.1) is 0 Å². The molecule has 11 aromatic rings. The quantitative estimate of drug-likeness (QED) is 0.154. The van der Waals surface area contributed by atoms with Crippen LogP contribution < -0.4 is 30.4 Å². The third-order valence-corrected chi connectivity index (χ3v) is 14.0. The molecule has 0 unspecified atom stereocenters. The number of rotatable bonds is 6. The standard InChI is InChI=1S/C48H30B2N6O2S2/c1-3-15-31(16-4-1)53-47-45(35-21-9-13-25-41(35)59-47)55(37-29-57-39-23-11-7-19-33(37)39)49(53)43-27-52-44(28-51-43)50-54(32-17-5-2-6-18-32)48-46(36-22-10-14-26-42(36)60-48)56(50)38-30-58-40-24-12-8-20-34(38)40/h1-30H. The lowest BCUT2D eigenvalue weighted by Crippen LogP contribution is -2.57. The van der Waals surface area contributed by atoms with Crippen LogP contribution in [0.2, 0.25) is 0 Å². The first-order valence-electron chi connectivity index (χ1n) is 19.8. The summed E-state index contributed by atoms with van der Waals surface area (Å²) in [6.07, 6.45) is 7.72. The van der Waals surface area contributed by atoms with Gasteiger partial charge < -0.3 is 28.1 Å². The van der Waals surface area contributed by atoms with Crippen molar-refractivity contribution in [3.05, 3.63) is 183 Å². The Labute approximate surface area is 353 Å². The molecule has 2 aliphatic rings. The molecule has 12 heteroatoms. The van der Waals surface area contributed by atoms with E-state index in [1.807, 2.05) is 49.2 Å². The number of furan rings is 2. The predicted octanol–water partition coefficient (Wildman–Crippen LogP) is 11.8. The first-order valence-corrected chi connectivity index (χ1v) is 21.5. The fraction of sp³-hybridized carbons (Fsp3) is 0. The zero-order valence-electron chi connectivity index (χ0n) is 31.8. The second-order valence-electron chi connectivity index (χ2n) is 15.0. The van der Waals surface area contributed by atoms with Crippen molar-refractivity contribution in [2.24, 2.45) is 0 Å². The number of hydrogen-bond acceptors (Lipinski definition) is 10. The molecule has 0 radical (unpaired) electrons. The van der Waals surface area contributed by atoms with Gasteiger partial charge in [0.15, 0.2) is 0 Å². The minimum Gasteiger partial charge on any atom is -0.462 e. The summed E-state index contributed by atoms with van der Waals surface area (Å²) in [6, 6.07) is 55.0. The number of anilines is 8. The van der Waals surface area contributed by atoms with Gasteiger partial charge in [0.05, 0.1) is 33.9 Å². The highest BCUT2D eigenvalue weighted by Crippen LogP contribution is 2.57. The molecule has 2 aliphatic heterocycles. The summed E-state index contributed by atoms with van der Waals surface area (Å²) in [5.41, 5.74) is 9.63. The molecule has 0 bridgehead atoms. The molecule has 0 saturated heterocycles. The summed E-state index contributed by atoms with van der Waals surface area (Å²) in [4.78, 5) is 20.5. The highest BCUT2D eigenvalue weighted by molar-refractivity contribution is 7.26. The van der Waals surface area contributed by atoms with Gasteiger partial charge in [0.1, 0.15) is 33.7 Å². The Morgan fingerprint density at radius 2 is 0.783 bits per heavy atom. The Bertz CT molecular complexity index is 3180. The normalized spacial score (nSPS) is 13.8. The lowest BCUT2D eigenvalue weighted by molar-refractivity contribution is 0.616. The highest BCUT2D eigenvalue weighted by Gasteiger charge is 2.50. The molecule has 0 aliphatic carbocycles. The van der Waals surface area contributed by atoms with E-state index in [0.717, 1.165) is 77.3 Å². The van der Waals surface area contributed by atoms with Crippen LogP contribution in [0.4, 0.5) is 44.1 Å². The number of fused-ring (bicyclic) bond motifs is 8. The molecule has 6 aromatic carbocycles. The summed E-state index contributed by atoms with van der Waals surface area (Å²) in [6.45, 7) is -0.733. The second-order valence-corrected chi connectivity index (χ2v) is 17.1. The van der Waals surface area contributed by atoms with Crippen LogP contribution in [-0.4, -0.2) is 23.9 Å². The van der Waals surface area contributed by atoms with Crippen molar-refractivity contribution in [1.29, 1.82) is 0 Å². The summed E-state index contributed by atoms with van der Waals surface area (Å²) >= 11 is 3.59. The summed E-state index contributed by atoms with van der Waals surface area (Å²) in [5, 5.41) is 6.72. The fourth-order valence-electron chi connectivity index (χ4n) is 9.17. The highest BCUT2D eigenvalue weighted by atomic mass is 32.1. The number of hydrogen-bond donors (Lipinski definition) is 0. The first-order chi connectivity index (χ1) is 29.8. The maximum atomic E-state index is 6.25. The summed E-state index contributed by atoms with van der Waals surface area (Å²) < 4.78 is 14.9. The van der Waals surface area contributed by atoms with Gasteiger partial charge in [-0.05, 0) is 60.7 Å². The average Bonchev–Trinajstić information content (AvgIpc) is 4.16. The van der Waals surface area contributed by atoms with E-state index >= 15 is 0 Å². The van der Waals surface area contributed by atoms with E-state index in [1.165, 1.54) is 20.2 Å². The molecule has 0 spiro atoms. The van der Waals surface area contributed by atoms with Crippen molar-refractivity contribution in [2.75, 3.05) is 19.2 Å². The summed E-state index contributed by atoms with van der Waals surface area (Å²) in [5.74, 6) is 0. The lowest BCUT2D eigenvalue weighted by atomic mass is 9.66. The molecule has 8 nitrogen and oxygen atoms in total. The topological polar surface area (TPSA) is 65.0 Å². The molecule has 0 amide bonds. The maximum Gasteiger partial charge on any atom is 0.442 e. The van der Waals surface area contributed by atoms with E-state index in [4.69, 9.17) is 18.8 Å². The zero-order chi connectivity index (χ0) is 39.3. The SMILES string of the molecule is c1ccc(N2B(c3cnc(B4N(c5ccccc5)c5sc6ccccc6c5N4c4coc5ccccc45)cn3)N(c3coc4ccccc34)c3c2sc2ccccc32)cc1. The van der Waals surface area contributed by atoms with Gasteiger partial charge in [0, 0.05) is 54.7 Å². The van der Waals surface area contributed by atoms with E-state index in [9.17, 15) is 0 Å². The van der Waals surface area contributed by atoms with Crippen molar-refractivity contribution in [1.82, 2.24) is 9.97 Å². The van der Waals surface area contributed by atoms with E-state index in [0.29, 0.717) is 0 Å². The third-order valence-electron chi connectivity index (χ3n) is 11.7. The molecular weight excluding hydrogens is 778 g/mol. The monoisotopic (exact) mass is 808 g/mol. The van der Waals surface area contributed by atoms with Crippen molar-refractivity contribution >= 4 is 134 Å². The molecule has 0 fully saturated rings. The zero-order valence-corrected chi connectivity index (χ0v) is 33.4. The van der Waals surface area contributed by atoms with Crippen LogP contribution >= 0.6 is 22.7 Å². The van der Waals surface area contributed by atoms with Gasteiger partial charge in [0.2, 0.25) is 0 Å². The van der Waals surface area contributed by atoms with Crippen LogP contribution in [0.5, 0.6) is 0 Å². The summed E-state index contributed by atoms with van der Waals surface area (Å²) in [7, 11) is 0. The van der Waals surface area contributed by atoms with Crippen molar-refractivity contribution in [3.63, 3.8) is 0 Å². The van der Waals surface area contributed by atoms with Gasteiger partial charge >= 0.3 is 14.0 Å². The van der Waals surface area contributed by atoms with Gasteiger partial charge in [-0.1, -0.05) is 97.1 Å². The number of aromatic nitrogens is 2. The van der Waals surface area contributed by atoms with Crippen molar-refractivity contribution in [3.8, 4) is 0 Å². The van der Waals surface area contributed by atoms with Crippen molar-refractivity contribution in [2.45, 2.75) is 0 Å². The Morgan fingerprint density at radius 1 is 0.400 bits per heavy atom. The molecular formula is C48H30B2N6O2S2. The maximum absolute atomic E-state index is 6.25. The van der Waals surface area contributed by atoms with Crippen LogP contribution in [0.15, 0.2) is 191 Å². The Kier molecular flexibility index (Phi) is 7.36. The lowest BCUT2D eigenvalue weighted by Gasteiger charge is -2.30. The van der Waals surface area contributed by atoms with E-state index in [1.54, 1.807) is 22.7 Å². The molecule has 0 N–H and O–H groups in total. The fourth-order valence-corrected chi connectivity index (χ4v) is 11.6. The van der Waals surface area contributed by atoms with Gasteiger partial charge in [-0.2, -0.15) is 0 Å². The van der Waals surface area contributed by atoms with Crippen LogP contribution in [0.25, 0.3) is 42.1 Å². The Morgan fingerprint density at radius 3 is 1.22 bits per heavy atom. The van der Waals surface area contributed by atoms with Crippen LogP contribution in [0.3, 0.4) is 0 Å². The molecule has 5 aromatic heterocycles. The molecule has 0 saturated carbocycles. The molecule has 0 atom stereocenters. The molecule has 13 rings (SSSR count). The number of thiophene rings is 2. The van der Waals surface area contributed by atoms with Gasteiger partial charge in [-0.15, -0.1) is 22.7 Å². The van der Waals surface area contributed by atoms with E-state index in [2.05, 4.69) is 153 Å². The Balaban J connectivity index is 1.02. The molecule has 282 valence electrons. The minimum absolute atomic E-state index is 0.367. The van der Waals surface area contributed by atoms with Crippen molar-refractivity contribution < 1.29 is 8.83 Å². The smallest absolute Gasteiger partial charge is 0.442 e. The second kappa shape index (κ2) is 13.1. The van der Waals surface area contributed by atoms with E-state index < -0.39 is 0 Å². The Hall–Kier alpha value is -7.27. The molecule has 60 heavy (non-hydrogen) atoms. The number of benzene rings is 6. The van der Waals surface area contributed by atoms with E-state index in [-0.39, 0.29) is 14.0 Å². The van der Waals surface area contributed by atoms with Gasteiger partial charge in [0.25, 0.3) is 0 Å². The number of nitrogens with zero attached hydrogens (tertiary/aromatic N) is 6. The average molecular weight is 809 g/mol. The molecule has 7 heterocycles. The van der Waals surface area contributed by atoms with Crippen LogP contribution in [0.1, 0.15) is 0 Å². The van der Waals surface area contributed by atoms with Gasteiger partial charge in [-0.3, -0.25) is 9.97 Å². The van der Waals surface area contributed by atoms with Crippen LogP contribution in [-0.2, 0) is 0 Å². The predicted molar refractivity (Wildman–Crippen MR) is 250 cm³/mol. The first kappa shape index (κ1) is 33.7.